The molecule has 0 radical (unpaired) electrons. The molecule has 0 aliphatic rings. The molecule has 0 unspecified atom stereocenters. The highest BCUT2D eigenvalue weighted by Crippen LogP contribution is 2.22. The summed E-state index contributed by atoms with van der Waals surface area (Å²) in [4.78, 5) is 8.85. The third-order valence-electron chi connectivity index (χ3n) is 3.62. The lowest BCUT2D eigenvalue weighted by Gasteiger charge is -2.03. The van der Waals surface area contributed by atoms with Crippen molar-refractivity contribution < 1.29 is 0 Å². The van der Waals surface area contributed by atoms with Gasteiger partial charge in [0.25, 0.3) is 5.78 Å². The highest BCUT2D eigenvalue weighted by molar-refractivity contribution is 5.64. The Bertz CT molecular complexity index is 924. The van der Waals surface area contributed by atoms with E-state index in [0.29, 0.717) is 11.6 Å². The van der Waals surface area contributed by atoms with Gasteiger partial charge in [-0.25, -0.2) is 4.98 Å². The van der Waals surface area contributed by atoms with Crippen molar-refractivity contribution in [1.29, 1.82) is 0 Å². The van der Waals surface area contributed by atoms with Crippen LogP contribution in [0.2, 0.25) is 0 Å². The van der Waals surface area contributed by atoms with Crippen LogP contribution < -0.4 is 0 Å². The zero-order valence-corrected chi connectivity index (χ0v) is 12.1. The van der Waals surface area contributed by atoms with Crippen molar-refractivity contribution in [3.05, 3.63) is 72.4 Å². The molecule has 0 aliphatic heterocycles. The molecule has 2 aromatic heterocycles. The summed E-state index contributed by atoms with van der Waals surface area (Å²) >= 11 is 0. The summed E-state index contributed by atoms with van der Waals surface area (Å²) in [5, 5.41) is 4.62. The van der Waals surface area contributed by atoms with Crippen molar-refractivity contribution in [1.82, 2.24) is 19.6 Å². The average Bonchev–Trinajstić information content (AvgIpc) is 3.01. The van der Waals surface area contributed by atoms with Crippen molar-refractivity contribution in [2.24, 2.45) is 0 Å². The molecule has 0 aliphatic carbocycles. The number of rotatable bonds is 2. The van der Waals surface area contributed by atoms with Gasteiger partial charge in [-0.15, -0.1) is 5.10 Å². The second-order valence-corrected chi connectivity index (χ2v) is 5.21. The van der Waals surface area contributed by atoms with E-state index in [1.807, 2.05) is 36.4 Å². The normalized spacial score (nSPS) is 11.0. The monoisotopic (exact) mass is 286 g/mol. The van der Waals surface area contributed by atoms with Gasteiger partial charge in [0.2, 0.25) is 0 Å². The molecule has 106 valence electrons. The van der Waals surface area contributed by atoms with Crippen LogP contribution in [0.1, 0.15) is 5.56 Å². The molecule has 0 spiro atoms. The van der Waals surface area contributed by atoms with Crippen molar-refractivity contribution in [2.45, 2.75) is 6.92 Å². The number of hydrogen-bond acceptors (Lipinski definition) is 3. The maximum atomic E-state index is 4.62. The fraction of sp³-hybridized carbons (Fsp3) is 0.0556. The molecule has 2 aromatic carbocycles. The number of hydrogen-bond donors (Lipinski definition) is 0. The van der Waals surface area contributed by atoms with Crippen molar-refractivity contribution in [2.75, 3.05) is 0 Å². The molecule has 2 heterocycles. The van der Waals surface area contributed by atoms with E-state index < -0.39 is 0 Å². The SMILES string of the molecule is Cc1ccc(-c2ccnc3nc(-c4ccccc4)nn23)cc1. The van der Waals surface area contributed by atoms with E-state index in [1.165, 1.54) is 5.56 Å². The third-order valence-corrected chi connectivity index (χ3v) is 3.62. The van der Waals surface area contributed by atoms with Crippen LogP contribution in [0.5, 0.6) is 0 Å². The highest BCUT2D eigenvalue weighted by Gasteiger charge is 2.10. The maximum Gasteiger partial charge on any atom is 0.253 e. The molecule has 0 saturated heterocycles. The molecule has 0 atom stereocenters. The first-order chi connectivity index (χ1) is 10.8. The Morgan fingerprint density at radius 2 is 1.59 bits per heavy atom. The van der Waals surface area contributed by atoms with Gasteiger partial charge in [-0.1, -0.05) is 60.2 Å². The molecular weight excluding hydrogens is 272 g/mol. The van der Waals surface area contributed by atoms with Crippen LogP contribution >= 0.6 is 0 Å². The minimum absolute atomic E-state index is 0.608. The van der Waals surface area contributed by atoms with Gasteiger partial charge in [-0.05, 0) is 13.0 Å². The molecular formula is C18H14N4. The number of nitrogens with zero attached hydrogens (tertiary/aromatic N) is 4. The molecule has 0 saturated carbocycles. The molecule has 0 amide bonds. The zero-order valence-electron chi connectivity index (χ0n) is 12.1. The Kier molecular flexibility index (Phi) is 2.93. The molecule has 4 heteroatoms. The Hall–Kier alpha value is -3.01. The largest absolute Gasteiger partial charge is 0.253 e. The molecule has 4 rings (SSSR count). The smallest absolute Gasteiger partial charge is 0.220 e. The molecule has 0 bridgehead atoms. The van der Waals surface area contributed by atoms with Gasteiger partial charge in [0.15, 0.2) is 5.82 Å². The summed E-state index contributed by atoms with van der Waals surface area (Å²) in [6, 6.07) is 20.3. The maximum absolute atomic E-state index is 4.62. The summed E-state index contributed by atoms with van der Waals surface area (Å²) in [6.45, 7) is 2.08. The van der Waals surface area contributed by atoms with Crippen molar-refractivity contribution >= 4 is 5.78 Å². The second kappa shape index (κ2) is 5.07. The lowest BCUT2D eigenvalue weighted by Crippen LogP contribution is -1.95. The molecule has 0 fully saturated rings. The van der Waals surface area contributed by atoms with E-state index >= 15 is 0 Å². The number of fused-ring (bicyclic) bond motifs is 1. The quantitative estimate of drug-likeness (QED) is 0.563. The summed E-state index contributed by atoms with van der Waals surface area (Å²) in [5.41, 5.74) is 4.31. The summed E-state index contributed by atoms with van der Waals surface area (Å²) in [6.07, 6.45) is 1.77. The Morgan fingerprint density at radius 3 is 2.36 bits per heavy atom. The Labute approximate surface area is 128 Å². The number of aryl methyl sites for hydroxylation is 1. The summed E-state index contributed by atoms with van der Waals surface area (Å²) in [5.74, 6) is 1.30. The van der Waals surface area contributed by atoms with Gasteiger partial charge in [-0.2, -0.15) is 9.50 Å². The standard InChI is InChI=1S/C18H14N4/c1-13-7-9-14(10-8-13)16-11-12-19-18-20-17(21-22(16)18)15-5-3-2-4-6-15/h2-12H,1H3. The molecule has 22 heavy (non-hydrogen) atoms. The van der Waals surface area contributed by atoms with Gasteiger partial charge in [-0.3, -0.25) is 0 Å². The lowest BCUT2D eigenvalue weighted by atomic mass is 10.1. The van der Waals surface area contributed by atoms with Crippen LogP contribution in [0.4, 0.5) is 0 Å². The fourth-order valence-corrected chi connectivity index (χ4v) is 2.45. The van der Waals surface area contributed by atoms with Crippen molar-refractivity contribution in [3.8, 4) is 22.6 Å². The van der Waals surface area contributed by atoms with E-state index in [1.54, 1.807) is 10.7 Å². The predicted molar refractivity (Wildman–Crippen MR) is 86.4 cm³/mol. The van der Waals surface area contributed by atoms with Crippen LogP contribution in [0.3, 0.4) is 0 Å². The van der Waals surface area contributed by atoms with E-state index in [0.717, 1.165) is 16.8 Å². The molecule has 0 N–H and O–H groups in total. The first kappa shape index (κ1) is 12.7. The van der Waals surface area contributed by atoms with Crippen LogP contribution in [0.25, 0.3) is 28.4 Å². The molecule has 4 nitrogen and oxygen atoms in total. The minimum Gasteiger partial charge on any atom is -0.220 e. The average molecular weight is 286 g/mol. The van der Waals surface area contributed by atoms with E-state index in [2.05, 4.69) is 46.3 Å². The van der Waals surface area contributed by atoms with Crippen LogP contribution in [0.15, 0.2) is 66.9 Å². The fourth-order valence-electron chi connectivity index (χ4n) is 2.45. The predicted octanol–water partition coefficient (Wildman–Crippen LogP) is 3.77. The summed E-state index contributed by atoms with van der Waals surface area (Å²) in [7, 11) is 0. The van der Waals surface area contributed by atoms with Gasteiger partial charge >= 0.3 is 0 Å². The van der Waals surface area contributed by atoms with E-state index in [4.69, 9.17) is 0 Å². The van der Waals surface area contributed by atoms with Gasteiger partial charge in [0.05, 0.1) is 5.69 Å². The third kappa shape index (κ3) is 2.15. The summed E-state index contributed by atoms with van der Waals surface area (Å²) < 4.78 is 1.80. The van der Waals surface area contributed by atoms with E-state index in [-0.39, 0.29) is 0 Å². The highest BCUT2D eigenvalue weighted by atomic mass is 15.3. The van der Waals surface area contributed by atoms with Crippen LogP contribution in [0, 0.1) is 6.92 Å². The Morgan fingerprint density at radius 1 is 0.818 bits per heavy atom. The molecule has 4 aromatic rings. The Balaban J connectivity index is 1.90. The van der Waals surface area contributed by atoms with Gasteiger partial charge < -0.3 is 0 Å². The second-order valence-electron chi connectivity index (χ2n) is 5.21. The zero-order chi connectivity index (χ0) is 14.9. The van der Waals surface area contributed by atoms with Gasteiger partial charge in [0.1, 0.15) is 0 Å². The van der Waals surface area contributed by atoms with Crippen LogP contribution in [-0.4, -0.2) is 19.6 Å². The lowest BCUT2D eigenvalue weighted by molar-refractivity contribution is 0.951. The van der Waals surface area contributed by atoms with Gasteiger partial charge in [0, 0.05) is 17.3 Å². The van der Waals surface area contributed by atoms with Crippen molar-refractivity contribution in [3.63, 3.8) is 0 Å². The number of benzene rings is 2. The number of aromatic nitrogens is 4. The topological polar surface area (TPSA) is 43.1 Å². The first-order valence-electron chi connectivity index (χ1n) is 7.15. The first-order valence-corrected chi connectivity index (χ1v) is 7.15. The minimum atomic E-state index is 0.608. The van der Waals surface area contributed by atoms with E-state index in [9.17, 15) is 0 Å². The van der Waals surface area contributed by atoms with Crippen LogP contribution in [-0.2, 0) is 0 Å².